The first-order valence-corrected chi connectivity index (χ1v) is 16.8. The quantitative estimate of drug-likeness (QED) is 0.368. The van der Waals surface area contributed by atoms with Crippen molar-refractivity contribution in [3.63, 3.8) is 0 Å². The molecule has 2 saturated carbocycles. The average molecular weight is 614 g/mol. The number of rotatable bonds is 8. The number of nitrogens with zero attached hydrogens (tertiary/aromatic N) is 1. The fourth-order valence-electron chi connectivity index (χ4n) is 7.91. The number of benzene rings is 2. The molecule has 0 spiro atoms. The molecule has 0 bridgehead atoms. The molecule has 5 nitrogen and oxygen atoms in total. The van der Waals surface area contributed by atoms with E-state index in [1.807, 2.05) is 24.3 Å². The summed E-state index contributed by atoms with van der Waals surface area (Å²) < 4.78 is 2.40. The number of carbonyl (C=O) groups is 2. The molecule has 6 heteroatoms. The van der Waals surface area contributed by atoms with E-state index in [0.717, 1.165) is 30.5 Å². The second-order valence-electron chi connectivity index (χ2n) is 13.1. The maximum Gasteiger partial charge on any atom is 0.251 e. The number of pyridine rings is 1. The summed E-state index contributed by atoms with van der Waals surface area (Å²) in [6.07, 6.45) is 15.1. The van der Waals surface area contributed by atoms with Crippen LogP contribution < -0.4 is 27.6 Å². The summed E-state index contributed by atoms with van der Waals surface area (Å²) in [5.74, 6) is 1.21. The number of aromatic nitrogens is 1. The molecule has 2 fully saturated rings. The second-order valence-corrected chi connectivity index (χ2v) is 13.1. The van der Waals surface area contributed by atoms with E-state index in [9.17, 15) is 9.59 Å². The van der Waals surface area contributed by atoms with Crippen molar-refractivity contribution in [1.82, 2.24) is 10.6 Å². The van der Waals surface area contributed by atoms with Crippen molar-refractivity contribution in [2.75, 3.05) is 0 Å². The zero-order valence-corrected chi connectivity index (χ0v) is 27.3. The van der Waals surface area contributed by atoms with Crippen LogP contribution in [0.4, 0.5) is 0 Å². The summed E-state index contributed by atoms with van der Waals surface area (Å²) in [5.41, 5.74) is 10.2. The molecule has 0 saturated heterocycles. The first-order chi connectivity index (χ1) is 21.0. The van der Waals surface area contributed by atoms with Gasteiger partial charge in [-0.1, -0.05) is 62.8 Å². The van der Waals surface area contributed by atoms with Gasteiger partial charge in [0, 0.05) is 55.1 Å². The van der Waals surface area contributed by atoms with Crippen LogP contribution in [-0.2, 0) is 26.1 Å². The van der Waals surface area contributed by atoms with Crippen molar-refractivity contribution in [1.29, 1.82) is 0 Å². The van der Waals surface area contributed by atoms with E-state index >= 15 is 0 Å². The van der Waals surface area contributed by atoms with E-state index in [0.29, 0.717) is 30.5 Å². The number of hydrogen-bond donors (Lipinski definition) is 2. The lowest BCUT2D eigenvalue weighted by molar-refractivity contribution is -0.697. The summed E-state index contributed by atoms with van der Waals surface area (Å²) in [6.45, 7) is 6.26. The predicted octanol–water partition coefficient (Wildman–Crippen LogP) is 4.50. The van der Waals surface area contributed by atoms with Crippen LogP contribution in [-0.4, -0.2) is 11.8 Å². The Morgan fingerprint density at radius 1 is 0.659 bits per heavy atom. The Morgan fingerprint density at radius 2 is 1.11 bits per heavy atom. The summed E-state index contributed by atoms with van der Waals surface area (Å²) in [5, 5.41) is 6.41. The van der Waals surface area contributed by atoms with Gasteiger partial charge in [0.25, 0.3) is 11.8 Å². The first-order valence-electron chi connectivity index (χ1n) is 16.8. The molecule has 234 valence electrons. The van der Waals surface area contributed by atoms with Crippen molar-refractivity contribution in [2.45, 2.75) is 122 Å². The van der Waals surface area contributed by atoms with Crippen molar-refractivity contribution >= 4 is 11.8 Å². The molecule has 1 aliphatic heterocycles. The third-order valence-corrected chi connectivity index (χ3v) is 10.6. The van der Waals surface area contributed by atoms with Gasteiger partial charge in [-0.25, -0.2) is 0 Å². The summed E-state index contributed by atoms with van der Waals surface area (Å²) in [4.78, 5) is 26.4. The lowest BCUT2D eigenvalue weighted by atomic mass is 9.84. The van der Waals surface area contributed by atoms with E-state index < -0.39 is 0 Å². The second kappa shape index (κ2) is 14.7. The van der Waals surface area contributed by atoms with Crippen LogP contribution in [0.25, 0.3) is 0 Å². The molecule has 2 aliphatic carbocycles. The monoisotopic (exact) mass is 613 g/mol. The number of hydrogen-bond acceptors (Lipinski definition) is 2. The summed E-state index contributed by atoms with van der Waals surface area (Å²) in [6, 6.07) is 16.6. The molecular formula is C38H48ClN3O2. The minimum atomic E-state index is -0.0361. The lowest BCUT2D eigenvalue weighted by Gasteiger charge is -2.22. The van der Waals surface area contributed by atoms with Crippen molar-refractivity contribution < 1.29 is 26.6 Å². The molecule has 0 unspecified atom stereocenters. The topological polar surface area (TPSA) is 62.1 Å². The van der Waals surface area contributed by atoms with E-state index in [4.69, 9.17) is 0 Å². The van der Waals surface area contributed by atoms with Gasteiger partial charge in [-0.3, -0.25) is 9.59 Å². The molecule has 1 aromatic heterocycles. The number of carbonyl (C=O) groups excluding carboxylic acids is 2. The van der Waals surface area contributed by atoms with Gasteiger partial charge in [0.2, 0.25) is 0 Å². The highest BCUT2D eigenvalue weighted by atomic mass is 35.5. The highest BCUT2D eigenvalue weighted by Crippen LogP contribution is 2.33. The molecule has 6 rings (SSSR count). The van der Waals surface area contributed by atoms with E-state index in [1.165, 1.54) is 97.8 Å². The van der Waals surface area contributed by atoms with Gasteiger partial charge in [0.15, 0.2) is 11.4 Å². The van der Waals surface area contributed by atoms with Gasteiger partial charge in [-0.15, -0.1) is 0 Å². The summed E-state index contributed by atoms with van der Waals surface area (Å²) in [7, 11) is 0. The zero-order chi connectivity index (χ0) is 29.8. The van der Waals surface area contributed by atoms with Gasteiger partial charge >= 0.3 is 0 Å². The number of fused-ring (bicyclic) bond motifs is 1. The zero-order valence-electron chi connectivity index (χ0n) is 26.5. The molecule has 2 N–H and O–H groups in total. The van der Waals surface area contributed by atoms with Crippen molar-refractivity contribution in [2.24, 2.45) is 0 Å². The van der Waals surface area contributed by atoms with E-state index in [1.54, 1.807) is 0 Å². The SMILES string of the molecule is Cc1c(CNC(=O)c2ccc(C3CCCCC3)cc2)c(C)[n+]2c(c1CNC(=O)c1ccc(C3CCCCC3)cc1)CCC2.[Cl-]. The predicted molar refractivity (Wildman–Crippen MR) is 171 cm³/mol. The van der Waals surface area contributed by atoms with Crippen LogP contribution in [0.3, 0.4) is 0 Å². The maximum atomic E-state index is 13.2. The molecule has 2 heterocycles. The number of nitrogens with one attached hydrogen (secondary N) is 2. The van der Waals surface area contributed by atoms with Crippen LogP contribution in [0.5, 0.6) is 0 Å². The van der Waals surface area contributed by atoms with Crippen LogP contribution >= 0.6 is 0 Å². The molecular weight excluding hydrogens is 566 g/mol. The van der Waals surface area contributed by atoms with Crippen molar-refractivity contribution in [3.8, 4) is 0 Å². The van der Waals surface area contributed by atoms with Crippen LogP contribution in [0, 0.1) is 13.8 Å². The Hall–Kier alpha value is -3.18. The minimum Gasteiger partial charge on any atom is -1.00 e. The Labute approximate surface area is 269 Å². The summed E-state index contributed by atoms with van der Waals surface area (Å²) >= 11 is 0. The molecule has 2 amide bonds. The first kappa shape index (κ1) is 32.2. The standard InChI is InChI=1S/C38H47N3O2.ClH/c1-26-34(24-39-37(42)32-19-15-30(16-20-32)28-10-5-3-6-11-28)27(2)41-23-9-14-36(41)35(26)25-40-38(43)33-21-17-31(18-22-33)29-12-7-4-8-13-29;/h15-22,28-29H,3-14,23-25H2,1-2H3,(H-,39,40,42,43);1H. The van der Waals surface area contributed by atoms with Crippen LogP contribution in [0.2, 0.25) is 0 Å². The van der Waals surface area contributed by atoms with Crippen LogP contribution in [0.1, 0.15) is 142 Å². The molecule has 3 aliphatic rings. The Bertz CT molecular complexity index is 1450. The van der Waals surface area contributed by atoms with E-state index in [-0.39, 0.29) is 24.2 Å². The van der Waals surface area contributed by atoms with Gasteiger partial charge in [-0.05, 0) is 85.4 Å². The molecule has 44 heavy (non-hydrogen) atoms. The van der Waals surface area contributed by atoms with Gasteiger partial charge < -0.3 is 23.0 Å². The fraction of sp³-hybridized carbons (Fsp3) is 0.500. The number of amides is 2. The van der Waals surface area contributed by atoms with Crippen molar-refractivity contribution in [3.05, 3.63) is 98.9 Å². The molecule has 0 atom stereocenters. The lowest BCUT2D eigenvalue weighted by Crippen LogP contribution is -3.00. The van der Waals surface area contributed by atoms with Gasteiger partial charge in [0.1, 0.15) is 6.54 Å². The molecule has 3 aromatic rings. The van der Waals surface area contributed by atoms with E-state index in [2.05, 4.69) is 53.3 Å². The minimum absolute atomic E-state index is 0. The number of halogens is 1. The smallest absolute Gasteiger partial charge is 0.251 e. The Kier molecular flexibility index (Phi) is 10.8. The Morgan fingerprint density at radius 3 is 1.59 bits per heavy atom. The maximum absolute atomic E-state index is 13.2. The van der Waals surface area contributed by atoms with Gasteiger partial charge in [-0.2, -0.15) is 4.57 Å². The fourth-order valence-corrected chi connectivity index (χ4v) is 7.91. The van der Waals surface area contributed by atoms with Gasteiger partial charge in [0.05, 0.1) is 0 Å². The van der Waals surface area contributed by atoms with Crippen LogP contribution in [0.15, 0.2) is 48.5 Å². The largest absolute Gasteiger partial charge is 1.00 e. The molecule has 0 radical (unpaired) electrons. The highest BCUT2D eigenvalue weighted by molar-refractivity contribution is 5.94. The third kappa shape index (κ3) is 7.04. The average Bonchev–Trinajstić information content (AvgIpc) is 3.56. The normalized spacial score (nSPS) is 17.0. The highest BCUT2D eigenvalue weighted by Gasteiger charge is 2.30. The molecule has 2 aromatic carbocycles. The third-order valence-electron chi connectivity index (χ3n) is 10.6. The Balaban J connectivity index is 0.00000384.